The summed E-state index contributed by atoms with van der Waals surface area (Å²) in [7, 11) is 0. The van der Waals surface area contributed by atoms with Gasteiger partial charge in [0.15, 0.2) is 0 Å². The lowest BCUT2D eigenvalue weighted by atomic mass is 9.34. The van der Waals surface area contributed by atoms with E-state index in [2.05, 4.69) is 164 Å². The average Bonchev–Trinajstić information content (AvgIpc) is 3.12. The zero-order valence-corrected chi connectivity index (χ0v) is 24.5. The Morgan fingerprint density at radius 3 is 1.36 bits per heavy atom. The lowest BCUT2D eigenvalue weighted by Crippen LogP contribution is -2.57. The quantitative estimate of drug-likeness (QED) is 0.195. The number of ether oxygens (including phenoxy) is 2. The van der Waals surface area contributed by atoms with E-state index >= 15 is 0 Å². The van der Waals surface area contributed by atoms with Crippen LogP contribution in [0.2, 0.25) is 0 Å². The van der Waals surface area contributed by atoms with Gasteiger partial charge in [-0.15, -0.1) is 0 Å². The molecule has 3 heteroatoms. The Bertz CT molecular complexity index is 2190. The van der Waals surface area contributed by atoms with E-state index < -0.39 is 0 Å². The number of benzene rings is 7. The Morgan fingerprint density at radius 1 is 0.333 bits per heavy atom. The van der Waals surface area contributed by atoms with Crippen molar-refractivity contribution in [3.05, 3.63) is 164 Å². The van der Waals surface area contributed by atoms with Crippen LogP contribution in [0.4, 0.5) is 0 Å². The first-order valence-electron chi connectivity index (χ1n) is 15.4. The number of hydrogen-bond donors (Lipinski definition) is 0. The van der Waals surface area contributed by atoms with Crippen LogP contribution in [-0.4, -0.2) is 6.71 Å². The molecule has 0 amide bonds. The van der Waals surface area contributed by atoms with Gasteiger partial charge in [0, 0.05) is 16.6 Å². The molecule has 0 bridgehead atoms. The summed E-state index contributed by atoms with van der Waals surface area (Å²) >= 11 is 0. The molecule has 0 spiro atoms. The molecule has 9 rings (SSSR count). The maximum absolute atomic E-state index is 7.01. The zero-order valence-electron chi connectivity index (χ0n) is 24.5. The van der Waals surface area contributed by atoms with Crippen LogP contribution in [0.25, 0.3) is 44.5 Å². The number of hydrogen-bond acceptors (Lipinski definition) is 2. The van der Waals surface area contributed by atoms with E-state index in [9.17, 15) is 0 Å². The van der Waals surface area contributed by atoms with Gasteiger partial charge in [0.1, 0.15) is 23.0 Å². The van der Waals surface area contributed by atoms with E-state index in [1.54, 1.807) is 0 Å². The lowest BCUT2D eigenvalue weighted by molar-refractivity contribution is 0.467. The molecule has 2 aliphatic rings. The van der Waals surface area contributed by atoms with E-state index in [0.29, 0.717) is 0 Å². The molecular weight excluding hydrogens is 547 g/mol. The van der Waals surface area contributed by atoms with Gasteiger partial charge in [-0.25, -0.2) is 0 Å². The van der Waals surface area contributed by atoms with E-state index in [4.69, 9.17) is 9.47 Å². The Morgan fingerprint density at radius 2 is 0.800 bits per heavy atom. The van der Waals surface area contributed by atoms with Crippen molar-refractivity contribution < 1.29 is 9.47 Å². The van der Waals surface area contributed by atoms with Crippen molar-refractivity contribution in [3.8, 4) is 67.5 Å². The summed E-state index contributed by atoms with van der Waals surface area (Å²) < 4.78 is 13.9. The SMILES string of the molecule is c1ccc(-c2ccc3c(c2)Oc2c(-c4ccccc4)cc(-c4ccccc4)c4c2B3c2cc(-c3ccccc3)ccc2O4)cc1. The average molecular weight is 574 g/mol. The highest BCUT2D eigenvalue weighted by molar-refractivity contribution is 6.98. The molecule has 2 heterocycles. The van der Waals surface area contributed by atoms with Crippen molar-refractivity contribution in [1.82, 2.24) is 0 Å². The molecule has 2 aliphatic heterocycles. The van der Waals surface area contributed by atoms with Gasteiger partial charge in [-0.2, -0.15) is 0 Å². The van der Waals surface area contributed by atoms with Crippen LogP contribution in [0.5, 0.6) is 23.0 Å². The summed E-state index contributed by atoms with van der Waals surface area (Å²) in [4.78, 5) is 0. The fraction of sp³-hybridized carbons (Fsp3) is 0. The molecule has 0 N–H and O–H groups in total. The molecule has 0 aliphatic carbocycles. The van der Waals surface area contributed by atoms with Crippen LogP contribution in [0, 0.1) is 0 Å². The summed E-state index contributed by atoms with van der Waals surface area (Å²) in [5, 5.41) is 0. The molecule has 0 radical (unpaired) electrons. The van der Waals surface area contributed by atoms with Crippen molar-refractivity contribution >= 4 is 23.1 Å². The van der Waals surface area contributed by atoms with Gasteiger partial charge in [0.25, 0.3) is 6.71 Å². The van der Waals surface area contributed by atoms with Gasteiger partial charge < -0.3 is 9.47 Å². The molecule has 0 unspecified atom stereocenters. The van der Waals surface area contributed by atoms with Crippen molar-refractivity contribution in [1.29, 1.82) is 0 Å². The highest BCUT2D eigenvalue weighted by atomic mass is 16.5. The maximum atomic E-state index is 7.01. The van der Waals surface area contributed by atoms with Gasteiger partial charge in [-0.1, -0.05) is 146 Å². The minimum Gasteiger partial charge on any atom is -0.458 e. The highest BCUT2D eigenvalue weighted by Crippen LogP contribution is 2.46. The fourth-order valence-electron chi connectivity index (χ4n) is 6.86. The molecule has 0 aromatic heterocycles. The van der Waals surface area contributed by atoms with Crippen LogP contribution < -0.4 is 25.9 Å². The predicted octanol–water partition coefficient (Wildman–Crippen LogP) is 9.08. The number of fused-ring (bicyclic) bond motifs is 4. The largest absolute Gasteiger partial charge is 0.458 e. The Labute approximate surface area is 263 Å². The van der Waals surface area contributed by atoms with Crippen LogP contribution >= 0.6 is 0 Å². The molecule has 7 aromatic rings. The summed E-state index contributed by atoms with van der Waals surface area (Å²) in [5.74, 6) is 3.47. The Hall–Kier alpha value is -5.80. The molecule has 0 atom stereocenters. The van der Waals surface area contributed by atoms with Gasteiger partial charge >= 0.3 is 0 Å². The normalized spacial score (nSPS) is 12.3. The van der Waals surface area contributed by atoms with Crippen molar-refractivity contribution in [2.75, 3.05) is 0 Å². The summed E-state index contributed by atoms with van der Waals surface area (Å²) in [5.41, 5.74) is 12.3. The Balaban J connectivity index is 1.34. The third-order valence-electron chi connectivity index (χ3n) is 9.01. The second-order valence-corrected chi connectivity index (χ2v) is 11.7. The molecule has 210 valence electrons. The first-order chi connectivity index (χ1) is 22.3. The Kier molecular flexibility index (Phi) is 5.95. The minimum atomic E-state index is -0.0675. The smallest absolute Gasteiger partial charge is 0.260 e. The van der Waals surface area contributed by atoms with Crippen molar-refractivity contribution in [2.45, 2.75) is 0 Å². The van der Waals surface area contributed by atoms with Crippen molar-refractivity contribution in [2.24, 2.45) is 0 Å². The third-order valence-corrected chi connectivity index (χ3v) is 9.01. The second-order valence-electron chi connectivity index (χ2n) is 11.7. The van der Waals surface area contributed by atoms with Crippen LogP contribution in [0.1, 0.15) is 0 Å². The fourth-order valence-corrected chi connectivity index (χ4v) is 6.86. The van der Waals surface area contributed by atoms with Gasteiger partial charge in [0.05, 0.1) is 0 Å². The highest BCUT2D eigenvalue weighted by Gasteiger charge is 2.43. The van der Waals surface area contributed by atoms with E-state index in [0.717, 1.165) is 72.8 Å². The predicted molar refractivity (Wildman–Crippen MR) is 186 cm³/mol. The molecule has 2 nitrogen and oxygen atoms in total. The van der Waals surface area contributed by atoms with Gasteiger partial charge in [-0.05, 0) is 62.5 Å². The van der Waals surface area contributed by atoms with Gasteiger partial charge in [-0.3, -0.25) is 0 Å². The van der Waals surface area contributed by atoms with E-state index in [1.165, 1.54) is 11.1 Å². The minimum absolute atomic E-state index is 0.0675. The third kappa shape index (κ3) is 4.28. The molecule has 7 aromatic carbocycles. The van der Waals surface area contributed by atoms with E-state index in [1.807, 2.05) is 0 Å². The summed E-state index contributed by atoms with van der Waals surface area (Å²) in [6.45, 7) is -0.0675. The monoisotopic (exact) mass is 574 g/mol. The lowest BCUT2D eigenvalue weighted by Gasteiger charge is -2.36. The van der Waals surface area contributed by atoms with E-state index in [-0.39, 0.29) is 6.71 Å². The number of rotatable bonds is 4. The topological polar surface area (TPSA) is 18.5 Å². The molecular formula is C42H27BO2. The first kappa shape index (κ1) is 25.7. The van der Waals surface area contributed by atoms with Crippen LogP contribution in [-0.2, 0) is 0 Å². The molecule has 0 saturated heterocycles. The zero-order chi connectivity index (χ0) is 29.7. The standard InChI is InChI=1S/C42H27BO2/c1-5-13-28(14-6-1)32-22-24-38-37(25-32)43-36-23-21-33(29-15-7-2-8-16-29)26-39(36)45-42-35(31-19-11-4-12-20-31)27-34(41(44-38)40(42)43)30-17-9-3-10-18-30/h1-27H. The molecule has 0 fully saturated rings. The maximum Gasteiger partial charge on any atom is 0.260 e. The van der Waals surface area contributed by atoms with Crippen LogP contribution in [0.3, 0.4) is 0 Å². The second kappa shape index (κ2) is 10.4. The molecule has 0 saturated carbocycles. The molecule has 45 heavy (non-hydrogen) atoms. The van der Waals surface area contributed by atoms with Crippen LogP contribution in [0.15, 0.2) is 164 Å². The summed E-state index contributed by atoms with van der Waals surface area (Å²) in [6, 6.07) is 57.7. The van der Waals surface area contributed by atoms with Crippen molar-refractivity contribution in [3.63, 3.8) is 0 Å². The first-order valence-corrected chi connectivity index (χ1v) is 15.4. The summed E-state index contributed by atoms with van der Waals surface area (Å²) in [6.07, 6.45) is 0. The van der Waals surface area contributed by atoms with Gasteiger partial charge in [0.2, 0.25) is 0 Å².